The summed E-state index contributed by atoms with van der Waals surface area (Å²) in [4.78, 5) is 1.18. The molecule has 0 aliphatic heterocycles. The summed E-state index contributed by atoms with van der Waals surface area (Å²) in [5, 5.41) is 8.32. The van der Waals surface area contributed by atoms with Crippen LogP contribution in [0.5, 0.6) is 5.75 Å². The quantitative estimate of drug-likeness (QED) is 0.877. The molecule has 0 amide bonds. The highest BCUT2D eigenvalue weighted by atomic mass is 35.5. The van der Waals surface area contributed by atoms with Crippen molar-refractivity contribution in [2.75, 3.05) is 14.2 Å². The van der Waals surface area contributed by atoms with Gasteiger partial charge in [-0.15, -0.1) is 5.10 Å². The minimum Gasteiger partial charge on any atom is -0.496 e. The van der Waals surface area contributed by atoms with Crippen molar-refractivity contribution in [1.82, 2.24) is 14.9 Å². The first-order valence-electron chi connectivity index (χ1n) is 6.88. The minimum absolute atomic E-state index is 0.148. The lowest BCUT2D eigenvalue weighted by atomic mass is 9.99. The van der Waals surface area contributed by atoms with E-state index in [1.807, 2.05) is 25.2 Å². The number of nitrogens with one attached hydrogen (secondary N) is 1. The largest absolute Gasteiger partial charge is 0.496 e. The van der Waals surface area contributed by atoms with E-state index in [2.05, 4.69) is 28.8 Å². The molecule has 0 saturated heterocycles. The van der Waals surface area contributed by atoms with Gasteiger partial charge < -0.3 is 10.1 Å². The van der Waals surface area contributed by atoms with Crippen LogP contribution in [0.25, 0.3) is 0 Å². The third-order valence-electron chi connectivity index (χ3n) is 3.42. The van der Waals surface area contributed by atoms with Gasteiger partial charge in [-0.3, -0.25) is 0 Å². The van der Waals surface area contributed by atoms with Gasteiger partial charge in [0.2, 0.25) is 0 Å². The third-order valence-corrected chi connectivity index (χ3v) is 4.51. The van der Waals surface area contributed by atoms with Gasteiger partial charge in [-0.1, -0.05) is 29.9 Å². The maximum Gasteiger partial charge on any atom is 0.122 e. The van der Waals surface area contributed by atoms with E-state index in [1.54, 1.807) is 7.11 Å². The Bertz CT molecular complexity index is 600. The van der Waals surface area contributed by atoms with Crippen molar-refractivity contribution >= 4 is 23.1 Å². The van der Waals surface area contributed by atoms with E-state index >= 15 is 0 Å². The first kappa shape index (κ1) is 16.2. The van der Waals surface area contributed by atoms with Gasteiger partial charge in [0.1, 0.15) is 5.75 Å². The van der Waals surface area contributed by atoms with Gasteiger partial charge in [-0.05, 0) is 54.7 Å². The molecule has 1 atom stereocenters. The van der Waals surface area contributed by atoms with Crippen molar-refractivity contribution in [3.63, 3.8) is 0 Å². The Morgan fingerprint density at radius 1 is 1.38 bits per heavy atom. The molecular weight excluding hydrogens is 306 g/mol. The average molecular weight is 326 g/mol. The number of aromatic nitrogens is 2. The Hall–Kier alpha value is -1.17. The van der Waals surface area contributed by atoms with Crippen LogP contribution in [0.1, 0.15) is 41.9 Å². The lowest BCUT2D eigenvalue weighted by molar-refractivity contribution is 0.406. The van der Waals surface area contributed by atoms with E-state index < -0.39 is 0 Å². The summed E-state index contributed by atoms with van der Waals surface area (Å²) in [7, 11) is 3.63. The third kappa shape index (κ3) is 3.73. The number of rotatable bonds is 6. The smallest absolute Gasteiger partial charge is 0.122 e. The molecule has 6 heteroatoms. The first-order chi connectivity index (χ1) is 10.1. The van der Waals surface area contributed by atoms with Crippen molar-refractivity contribution in [3.05, 3.63) is 39.4 Å². The maximum atomic E-state index is 6.11. The van der Waals surface area contributed by atoms with Gasteiger partial charge in [-0.25, -0.2) is 0 Å². The topological polar surface area (TPSA) is 47.0 Å². The Labute approximate surface area is 134 Å². The lowest BCUT2D eigenvalue weighted by Gasteiger charge is -2.18. The van der Waals surface area contributed by atoms with Crippen LogP contribution in [0.2, 0.25) is 5.02 Å². The van der Waals surface area contributed by atoms with Gasteiger partial charge >= 0.3 is 0 Å². The Morgan fingerprint density at radius 2 is 2.14 bits per heavy atom. The molecule has 0 spiro atoms. The molecule has 21 heavy (non-hydrogen) atoms. The van der Waals surface area contributed by atoms with Crippen LogP contribution in [-0.4, -0.2) is 23.7 Å². The number of methoxy groups -OCH3 is 1. The number of benzene rings is 1. The minimum atomic E-state index is 0.148. The Morgan fingerprint density at radius 3 is 2.76 bits per heavy atom. The normalized spacial score (nSPS) is 12.7. The van der Waals surface area contributed by atoms with Crippen molar-refractivity contribution < 1.29 is 4.74 Å². The molecule has 114 valence electrons. The standard InChI is InChI=1S/C15H20ClN3OS/c1-9(2)14-15(21-19-18-14)12(17-3)8-10-7-11(16)5-6-13(10)20-4/h5-7,9,12,17H,8H2,1-4H3. The molecule has 1 unspecified atom stereocenters. The fourth-order valence-corrected chi connectivity index (χ4v) is 3.41. The number of likely N-dealkylation sites (N-methyl/N-ethyl adjacent to an activating group) is 1. The maximum absolute atomic E-state index is 6.11. The molecule has 2 aromatic rings. The van der Waals surface area contributed by atoms with E-state index in [-0.39, 0.29) is 6.04 Å². The molecule has 1 aromatic carbocycles. The molecule has 2 rings (SSSR count). The molecule has 0 aliphatic carbocycles. The molecular formula is C15H20ClN3OS. The zero-order valence-corrected chi connectivity index (χ0v) is 14.3. The van der Waals surface area contributed by atoms with Crippen LogP contribution in [0, 0.1) is 0 Å². The van der Waals surface area contributed by atoms with Crippen molar-refractivity contribution in [1.29, 1.82) is 0 Å². The molecule has 0 saturated carbocycles. The summed E-state index contributed by atoms with van der Waals surface area (Å²) in [5.41, 5.74) is 2.13. The summed E-state index contributed by atoms with van der Waals surface area (Å²) in [6.07, 6.45) is 0.782. The van der Waals surface area contributed by atoms with Crippen molar-refractivity contribution in [3.8, 4) is 5.75 Å². The molecule has 0 bridgehead atoms. The Kier molecular flexibility index (Phi) is 5.56. The highest BCUT2D eigenvalue weighted by Gasteiger charge is 2.21. The zero-order valence-electron chi connectivity index (χ0n) is 12.7. The average Bonchev–Trinajstić information content (AvgIpc) is 2.94. The highest BCUT2D eigenvalue weighted by Crippen LogP contribution is 2.32. The van der Waals surface area contributed by atoms with Gasteiger partial charge in [0.25, 0.3) is 0 Å². The molecule has 0 fully saturated rings. The first-order valence-corrected chi connectivity index (χ1v) is 8.03. The number of ether oxygens (including phenoxy) is 1. The van der Waals surface area contributed by atoms with Gasteiger partial charge in [0, 0.05) is 11.1 Å². The molecule has 1 heterocycles. The molecule has 4 nitrogen and oxygen atoms in total. The lowest BCUT2D eigenvalue weighted by Crippen LogP contribution is -2.19. The summed E-state index contributed by atoms with van der Waals surface area (Å²) >= 11 is 7.56. The van der Waals surface area contributed by atoms with Crippen LogP contribution in [0.4, 0.5) is 0 Å². The monoisotopic (exact) mass is 325 g/mol. The Balaban J connectivity index is 2.31. The zero-order chi connectivity index (χ0) is 15.4. The SMILES string of the molecule is CNC(Cc1cc(Cl)ccc1OC)c1snnc1C(C)C. The summed E-state index contributed by atoms with van der Waals surface area (Å²) in [6, 6.07) is 5.84. The second-order valence-electron chi connectivity index (χ2n) is 5.18. The van der Waals surface area contributed by atoms with Crippen LogP contribution in [0.3, 0.4) is 0 Å². The number of hydrogen-bond donors (Lipinski definition) is 1. The van der Waals surface area contributed by atoms with Gasteiger partial charge in [0.15, 0.2) is 0 Å². The summed E-state index contributed by atoms with van der Waals surface area (Å²) in [6.45, 7) is 4.26. The highest BCUT2D eigenvalue weighted by molar-refractivity contribution is 7.05. The summed E-state index contributed by atoms with van der Waals surface area (Å²) in [5.74, 6) is 1.21. The van der Waals surface area contributed by atoms with E-state index in [9.17, 15) is 0 Å². The van der Waals surface area contributed by atoms with E-state index in [1.165, 1.54) is 16.4 Å². The van der Waals surface area contributed by atoms with E-state index in [0.717, 1.165) is 23.4 Å². The predicted molar refractivity (Wildman–Crippen MR) is 87.5 cm³/mol. The van der Waals surface area contributed by atoms with Crippen LogP contribution in [0.15, 0.2) is 18.2 Å². The van der Waals surface area contributed by atoms with Crippen LogP contribution >= 0.6 is 23.1 Å². The fourth-order valence-electron chi connectivity index (χ4n) is 2.30. The second kappa shape index (κ2) is 7.20. The molecule has 1 N–H and O–H groups in total. The van der Waals surface area contributed by atoms with E-state index in [0.29, 0.717) is 10.9 Å². The van der Waals surface area contributed by atoms with Crippen LogP contribution < -0.4 is 10.1 Å². The predicted octanol–water partition coefficient (Wildman–Crippen LogP) is 3.83. The van der Waals surface area contributed by atoms with Crippen molar-refractivity contribution in [2.24, 2.45) is 0 Å². The molecule has 0 aliphatic rings. The molecule has 1 aromatic heterocycles. The molecule has 0 radical (unpaired) electrons. The fraction of sp³-hybridized carbons (Fsp3) is 0.467. The van der Waals surface area contributed by atoms with Crippen LogP contribution in [-0.2, 0) is 6.42 Å². The number of nitrogens with zero attached hydrogens (tertiary/aromatic N) is 2. The summed E-state index contributed by atoms with van der Waals surface area (Å²) < 4.78 is 9.53. The second-order valence-corrected chi connectivity index (χ2v) is 6.40. The number of hydrogen-bond acceptors (Lipinski definition) is 5. The number of halogens is 1. The van der Waals surface area contributed by atoms with Crippen molar-refractivity contribution in [2.45, 2.75) is 32.2 Å². The van der Waals surface area contributed by atoms with Gasteiger partial charge in [-0.2, -0.15) is 0 Å². The van der Waals surface area contributed by atoms with Gasteiger partial charge in [0.05, 0.1) is 17.7 Å². The van der Waals surface area contributed by atoms with E-state index in [4.69, 9.17) is 16.3 Å².